The van der Waals surface area contributed by atoms with Crippen LogP contribution in [0, 0.1) is 15.9 Å². The zero-order chi connectivity index (χ0) is 25.1. The number of nitrogens with zero attached hydrogens (tertiary/aromatic N) is 3. The number of hydrogen-bond donors (Lipinski definition) is 1. The molecular weight excluding hydrogens is 607 g/mol. The van der Waals surface area contributed by atoms with Crippen LogP contribution in [0.25, 0.3) is 10.9 Å². The summed E-state index contributed by atoms with van der Waals surface area (Å²) in [7, 11) is 0. The monoisotopic (exact) mass is 620 g/mol. The summed E-state index contributed by atoms with van der Waals surface area (Å²) in [6.07, 6.45) is 0. The normalized spacial score (nSPS) is 10.9. The fourth-order valence-electron chi connectivity index (χ4n) is 3.26. The number of nitro benzene ring substituents is 1. The molecule has 0 bridgehead atoms. The number of amides is 1. The molecule has 0 saturated carbocycles. The molecule has 0 radical (unpaired) electrons. The Morgan fingerprint density at radius 2 is 1.77 bits per heavy atom. The van der Waals surface area contributed by atoms with Crippen LogP contribution in [0.1, 0.15) is 5.56 Å². The van der Waals surface area contributed by atoms with E-state index in [1.54, 1.807) is 36.4 Å². The van der Waals surface area contributed by atoms with Gasteiger partial charge in [0.1, 0.15) is 5.82 Å². The third-order valence-corrected chi connectivity index (χ3v) is 7.14. The lowest BCUT2D eigenvalue weighted by atomic mass is 10.2. The molecule has 1 heterocycles. The van der Waals surface area contributed by atoms with E-state index in [9.17, 15) is 24.1 Å². The number of carbonyl (C=O) groups is 1. The van der Waals surface area contributed by atoms with E-state index in [0.29, 0.717) is 36.3 Å². The number of halogens is 3. The summed E-state index contributed by atoms with van der Waals surface area (Å²) in [6, 6.07) is 15.3. The molecule has 4 aromatic rings. The van der Waals surface area contributed by atoms with Gasteiger partial charge in [0.05, 0.1) is 33.8 Å². The molecule has 8 nitrogen and oxygen atoms in total. The van der Waals surface area contributed by atoms with E-state index >= 15 is 0 Å². The highest BCUT2D eigenvalue weighted by Gasteiger charge is 2.18. The van der Waals surface area contributed by atoms with Crippen LogP contribution in [0.3, 0.4) is 0 Å². The van der Waals surface area contributed by atoms with Crippen molar-refractivity contribution in [3.05, 3.63) is 101 Å². The Balaban J connectivity index is 1.60. The van der Waals surface area contributed by atoms with Crippen molar-refractivity contribution in [1.82, 2.24) is 9.55 Å². The van der Waals surface area contributed by atoms with Crippen LogP contribution in [0.15, 0.2) is 79.6 Å². The Kier molecular flexibility index (Phi) is 7.63. The van der Waals surface area contributed by atoms with E-state index < -0.39 is 10.8 Å². The van der Waals surface area contributed by atoms with Crippen LogP contribution in [0.5, 0.6) is 0 Å². The molecule has 1 N–H and O–H groups in total. The summed E-state index contributed by atoms with van der Waals surface area (Å²) in [4.78, 5) is 41.0. The standard InChI is InChI=1S/C23H15Br2FN4O4S/c24-17-9-15(30(33)34)10-18(25)21(17)28-20(31)12-35-23-27-19-4-2-1-3-16(19)22(32)29(23)11-13-5-7-14(26)8-6-13/h1-10H,11-12H2,(H,28,31). The summed E-state index contributed by atoms with van der Waals surface area (Å²) in [5.74, 6) is -0.863. The van der Waals surface area contributed by atoms with Crippen molar-refractivity contribution >= 4 is 71.8 Å². The first-order chi connectivity index (χ1) is 16.7. The van der Waals surface area contributed by atoms with Crippen molar-refractivity contribution in [3.8, 4) is 0 Å². The van der Waals surface area contributed by atoms with Gasteiger partial charge in [-0.25, -0.2) is 9.37 Å². The maximum atomic E-state index is 13.3. The number of non-ortho nitro benzene ring substituents is 1. The second kappa shape index (κ2) is 10.7. The third kappa shape index (κ3) is 5.77. The first-order valence-corrected chi connectivity index (χ1v) is 12.6. The fourth-order valence-corrected chi connectivity index (χ4v) is 5.42. The van der Waals surface area contributed by atoms with Gasteiger partial charge in [-0.05, 0) is 61.7 Å². The minimum Gasteiger partial charge on any atom is -0.323 e. The molecule has 0 fully saturated rings. The van der Waals surface area contributed by atoms with Gasteiger partial charge >= 0.3 is 0 Å². The Morgan fingerprint density at radius 1 is 1.11 bits per heavy atom. The first-order valence-electron chi connectivity index (χ1n) is 10.0. The number of nitro groups is 1. The number of rotatable bonds is 7. The van der Waals surface area contributed by atoms with E-state index in [0.717, 1.165) is 11.8 Å². The van der Waals surface area contributed by atoms with E-state index in [1.165, 1.54) is 28.8 Å². The lowest BCUT2D eigenvalue weighted by molar-refractivity contribution is -0.385. The highest BCUT2D eigenvalue weighted by molar-refractivity contribution is 9.11. The van der Waals surface area contributed by atoms with Gasteiger partial charge < -0.3 is 5.32 Å². The molecule has 0 saturated heterocycles. The van der Waals surface area contributed by atoms with Crippen molar-refractivity contribution in [2.75, 3.05) is 11.1 Å². The maximum absolute atomic E-state index is 13.3. The van der Waals surface area contributed by atoms with Crippen LogP contribution in [-0.4, -0.2) is 26.1 Å². The molecule has 1 aromatic heterocycles. The number of fused-ring (bicyclic) bond motifs is 1. The van der Waals surface area contributed by atoms with Gasteiger partial charge in [0.2, 0.25) is 5.91 Å². The van der Waals surface area contributed by atoms with E-state index in [1.807, 2.05) is 0 Å². The molecule has 0 aliphatic carbocycles. The Hall–Kier alpha value is -3.09. The molecular formula is C23H15Br2FN4O4S. The molecule has 0 unspecified atom stereocenters. The fraction of sp³-hybridized carbons (Fsp3) is 0.0870. The Bertz CT molecular complexity index is 1490. The van der Waals surface area contributed by atoms with Crippen molar-refractivity contribution in [2.45, 2.75) is 11.7 Å². The van der Waals surface area contributed by atoms with Crippen LogP contribution < -0.4 is 10.9 Å². The van der Waals surface area contributed by atoms with Crippen LogP contribution >= 0.6 is 43.6 Å². The SMILES string of the molecule is O=C(CSc1nc2ccccc2c(=O)n1Cc1ccc(F)cc1)Nc1c(Br)cc([N+](=O)[O-])cc1Br. The van der Waals surface area contributed by atoms with Crippen molar-refractivity contribution in [2.24, 2.45) is 0 Å². The second-order valence-electron chi connectivity index (χ2n) is 7.31. The topological polar surface area (TPSA) is 107 Å². The molecule has 178 valence electrons. The zero-order valence-corrected chi connectivity index (χ0v) is 21.7. The molecule has 0 atom stereocenters. The van der Waals surface area contributed by atoms with E-state index in [-0.39, 0.29) is 29.4 Å². The number of nitrogens with one attached hydrogen (secondary N) is 1. The first kappa shape index (κ1) is 25.0. The van der Waals surface area contributed by atoms with Crippen molar-refractivity contribution in [1.29, 1.82) is 0 Å². The predicted molar refractivity (Wildman–Crippen MR) is 139 cm³/mol. The molecule has 1 amide bonds. The van der Waals surface area contributed by atoms with Gasteiger partial charge in [-0.3, -0.25) is 24.3 Å². The summed E-state index contributed by atoms with van der Waals surface area (Å²) >= 11 is 7.55. The van der Waals surface area contributed by atoms with Gasteiger partial charge in [-0.2, -0.15) is 0 Å². The van der Waals surface area contributed by atoms with E-state index in [4.69, 9.17) is 0 Å². The van der Waals surface area contributed by atoms with Crippen molar-refractivity contribution < 1.29 is 14.1 Å². The smallest absolute Gasteiger partial charge is 0.271 e. The third-order valence-electron chi connectivity index (χ3n) is 4.92. The summed E-state index contributed by atoms with van der Waals surface area (Å²) < 4.78 is 15.5. The minimum atomic E-state index is -0.539. The van der Waals surface area contributed by atoms with Gasteiger partial charge in [0, 0.05) is 21.1 Å². The molecule has 0 aliphatic rings. The number of aromatic nitrogens is 2. The zero-order valence-electron chi connectivity index (χ0n) is 17.7. The predicted octanol–water partition coefficient (Wildman–Crippen LogP) is 5.75. The van der Waals surface area contributed by atoms with Crippen LogP contribution in [0.2, 0.25) is 0 Å². The number of thioether (sulfide) groups is 1. The number of benzene rings is 3. The van der Waals surface area contributed by atoms with Gasteiger partial charge in [-0.1, -0.05) is 36.0 Å². The average Bonchev–Trinajstić information content (AvgIpc) is 2.83. The van der Waals surface area contributed by atoms with E-state index in [2.05, 4.69) is 42.2 Å². The largest absolute Gasteiger partial charge is 0.323 e. The summed E-state index contributed by atoms with van der Waals surface area (Å²) in [6.45, 7) is 0.153. The highest BCUT2D eigenvalue weighted by atomic mass is 79.9. The Morgan fingerprint density at radius 3 is 2.43 bits per heavy atom. The molecule has 35 heavy (non-hydrogen) atoms. The number of hydrogen-bond acceptors (Lipinski definition) is 6. The molecule has 4 rings (SSSR count). The Labute approximate surface area is 219 Å². The van der Waals surface area contributed by atoms with Gasteiger partial charge in [-0.15, -0.1) is 0 Å². The summed E-state index contributed by atoms with van der Waals surface area (Å²) in [5, 5.41) is 14.5. The molecule has 12 heteroatoms. The lowest BCUT2D eigenvalue weighted by Gasteiger charge is -2.14. The van der Waals surface area contributed by atoms with Crippen LogP contribution in [-0.2, 0) is 11.3 Å². The number of carbonyl (C=O) groups excluding carboxylic acids is 1. The average molecular weight is 622 g/mol. The minimum absolute atomic E-state index is 0.0793. The molecule has 3 aromatic carbocycles. The summed E-state index contributed by atoms with van der Waals surface area (Å²) in [5.41, 5.74) is 1.13. The number of anilines is 1. The quantitative estimate of drug-likeness (QED) is 0.122. The molecule has 0 spiro atoms. The van der Waals surface area contributed by atoms with Gasteiger partial charge in [0.25, 0.3) is 11.2 Å². The van der Waals surface area contributed by atoms with Crippen LogP contribution in [0.4, 0.5) is 15.8 Å². The number of para-hydroxylation sites is 1. The lowest BCUT2D eigenvalue weighted by Crippen LogP contribution is -2.25. The van der Waals surface area contributed by atoms with Crippen molar-refractivity contribution in [3.63, 3.8) is 0 Å². The molecule has 0 aliphatic heterocycles. The highest BCUT2D eigenvalue weighted by Crippen LogP contribution is 2.35. The van der Waals surface area contributed by atoms with Gasteiger partial charge in [0.15, 0.2) is 5.16 Å². The maximum Gasteiger partial charge on any atom is 0.271 e. The second-order valence-corrected chi connectivity index (χ2v) is 9.96.